The summed E-state index contributed by atoms with van der Waals surface area (Å²) in [5, 5.41) is 11.0. The highest BCUT2D eigenvalue weighted by molar-refractivity contribution is 6.04. The lowest BCUT2D eigenvalue weighted by Crippen LogP contribution is -2.14. The zero-order chi connectivity index (χ0) is 19.7. The highest BCUT2D eigenvalue weighted by Gasteiger charge is 2.11. The van der Waals surface area contributed by atoms with Crippen molar-refractivity contribution >= 4 is 11.7 Å². The third-order valence-corrected chi connectivity index (χ3v) is 4.05. The predicted octanol–water partition coefficient (Wildman–Crippen LogP) is 2.89. The van der Waals surface area contributed by atoms with Gasteiger partial charge in [-0.05, 0) is 32.0 Å². The minimum Gasteiger partial charge on any atom is -0.339 e. The monoisotopic (exact) mass is 375 g/mol. The smallest absolute Gasteiger partial charge is 0.256 e. The number of hydrogen-bond acceptors (Lipinski definition) is 7. The summed E-state index contributed by atoms with van der Waals surface area (Å²) in [5.74, 6) is 1.65. The van der Waals surface area contributed by atoms with Gasteiger partial charge in [0.05, 0.1) is 5.69 Å². The van der Waals surface area contributed by atoms with Crippen LogP contribution >= 0.6 is 0 Å². The average Bonchev–Trinajstić information content (AvgIpc) is 3.27. The van der Waals surface area contributed by atoms with Crippen LogP contribution in [0.3, 0.4) is 0 Å². The van der Waals surface area contributed by atoms with Gasteiger partial charge in [0.25, 0.3) is 5.91 Å². The number of aryl methyl sites for hydroxylation is 3. The Bertz CT molecular complexity index is 1150. The number of hydrogen-bond donors (Lipinski definition) is 1. The molecule has 0 spiro atoms. The van der Waals surface area contributed by atoms with E-state index in [2.05, 4.69) is 30.5 Å². The van der Waals surface area contributed by atoms with Gasteiger partial charge in [0.1, 0.15) is 12.1 Å². The number of aromatic nitrogens is 6. The largest absolute Gasteiger partial charge is 0.339 e. The lowest BCUT2D eigenvalue weighted by molar-refractivity contribution is 0.102. The van der Waals surface area contributed by atoms with E-state index in [1.807, 2.05) is 19.9 Å². The van der Waals surface area contributed by atoms with Crippen LogP contribution in [0.2, 0.25) is 0 Å². The molecule has 0 fully saturated rings. The average molecular weight is 375 g/mol. The predicted molar refractivity (Wildman–Crippen MR) is 101 cm³/mol. The fraction of sp³-hybridized carbons (Fsp3) is 0.158. The number of amides is 1. The summed E-state index contributed by atoms with van der Waals surface area (Å²) >= 11 is 0. The summed E-state index contributed by atoms with van der Waals surface area (Å²) < 4.78 is 6.67. The number of nitrogens with one attached hydrogen (secondary N) is 1. The fourth-order valence-corrected chi connectivity index (χ4v) is 2.77. The standard InChI is InChI=1S/C19H17N7O2/c1-11-8-12(2)26(24-11)17-9-16(20-10-21-17)23-19(27)15-6-4-14(5-7-15)18-22-13(3)28-25-18/h4-10H,1-3H3,(H,20,21,23,27). The van der Waals surface area contributed by atoms with E-state index in [1.165, 1.54) is 6.33 Å². The first-order valence-corrected chi connectivity index (χ1v) is 8.57. The molecule has 0 aliphatic heterocycles. The molecule has 4 aromatic rings. The quantitative estimate of drug-likeness (QED) is 0.583. The molecule has 28 heavy (non-hydrogen) atoms. The zero-order valence-corrected chi connectivity index (χ0v) is 15.5. The van der Waals surface area contributed by atoms with Crippen LogP contribution in [0.4, 0.5) is 5.82 Å². The number of nitrogens with zero attached hydrogens (tertiary/aromatic N) is 6. The molecule has 0 radical (unpaired) electrons. The van der Waals surface area contributed by atoms with Gasteiger partial charge in [0.15, 0.2) is 5.82 Å². The Labute approximate surface area is 160 Å². The first kappa shape index (κ1) is 17.5. The van der Waals surface area contributed by atoms with Crippen molar-refractivity contribution in [2.24, 2.45) is 0 Å². The second-order valence-electron chi connectivity index (χ2n) is 6.27. The van der Waals surface area contributed by atoms with Crippen LogP contribution in [0.25, 0.3) is 17.2 Å². The molecular weight excluding hydrogens is 358 g/mol. The van der Waals surface area contributed by atoms with E-state index in [9.17, 15) is 4.79 Å². The molecule has 0 atom stereocenters. The van der Waals surface area contributed by atoms with E-state index in [0.717, 1.165) is 17.0 Å². The van der Waals surface area contributed by atoms with Crippen LogP contribution in [0.5, 0.6) is 0 Å². The van der Waals surface area contributed by atoms with Gasteiger partial charge in [-0.15, -0.1) is 0 Å². The Morgan fingerprint density at radius 2 is 1.86 bits per heavy atom. The van der Waals surface area contributed by atoms with Crippen LogP contribution in [-0.4, -0.2) is 35.8 Å². The van der Waals surface area contributed by atoms with Gasteiger partial charge in [-0.3, -0.25) is 4.79 Å². The third kappa shape index (κ3) is 3.50. The van der Waals surface area contributed by atoms with Gasteiger partial charge in [0, 0.05) is 29.8 Å². The first-order valence-electron chi connectivity index (χ1n) is 8.57. The molecule has 4 rings (SSSR count). The lowest BCUT2D eigenvalue weighted by Gasteiger charge is -2.07. The molecule has 3 heterocycles. The van der Waals surface area contributed by atoms with Gasteiger partial charge in [-0.25, -0.2) is 14.6 Å². The molecule has 9 heteroatoms. The molecule has 1 amide bonds. The second kappa shape index (κ2) is 7.03. The summed E-state index contributed by atoms with van der Waals surface area (Å²) in [6, 6.07) is 10.5. The number of anilines is 1. The maximum absolute atomic E-state index is 12.5. The third-order valence-electron chi connectivity index (χ3n) is 4.05. The number of carbonyl (C=O) groups is 1. The van der Waals surface area contributed by atoms with Crippen LogP contribution in [0.1, 0.15) is 27.6 Å². The maximum atomic E-state index is 12.5. The summed E-state index contributed by atoms with van der Waals surface area (Å²) in [5.41, 5.74) is 3.08. The molecule has 9 nitrogen and oxygen atoms in total. The molecule has 0 aliphatic carbocycles. The van der Waals surface area contributed by atoms with E-state index >= 15 is 0 Å². The lowest BCUT2D eigenvalue weighted by atomic mass is 10.1. The summed E-state index contributed by atoms with van der Waals surface area (Å²) in [6.07, 6.45) is 1.39. The van der Waals surface area contributed by atoms with Gasteiger partial charge >= 0.3 is 0 Å². The van der Waals surface area contributed by atoms with E-state index in [0.29, 0.717) is 28.9 Å². The summed E-state index contributed by atoms with van der Waals surface area (Å²) in [4.78, 5) is 25.1. The molecule has 0 saturated heterocycles. The van der Waals surface area contributed by atoms with Crippen molar-refractivity contribution in [3.05, 3.63) is 65.6 Å². The molecule has 0 unspecified atom stereocenters. The highest BCUT2D eigenvalue weighted by atomic mass is 16.5. The minimum atomic E-state index is -0.283. The minimum absolute atomic E-state index is 0.283. The molecule has 3 aromatic heterocycles. The van der Waals surface area contributed by atoms with Crippen LogP contribution in [0.15, 0.2) is 47.2 Å². The topological polar surface area (TPSA) is 112 Å². The maximum Gasteiger partial charge on any atom is 0.256 e. The van der Waals surface area contributed by atoms with E-state index in [1.54, 1.807) is 41.9 Å². The van der Waals surface area contributed by atoms with Crippen molar-refractivity contribution < 1.29 is 9.32 Å². The van der Waals surface area contributed by atoms with Gasteiger partial charge in [-0.1, -0.05) is 17.3 Å². The van der Waals surface area contributed by atoms with Crippen LogP contribution in [0, 0.1) is 20.8 Å². The van der Waals surface area contributed by atoms with Gasteiger partial charge in [-0.2, -0.15) is 10.1 Å². The molecule has 1 aromatic carbocycles. The summed E-state index contributed by atoms with van der Waals surface area (Å²) in [6.45, 7) is 5.57. The van der Waals surface area contributed by atoms with E-state index < -0.39 is 0 Å². The van der Waals surface area contributed by atoms with Crippen molar-refractivity contribution in [2.45, 2.75) is 20.8 Å². The second-order valence-corrected chi connectivity index (χ2v) is 6.27. The van der Waals surface area contributed by atoms with Crippen molar-refractivity contribution in [1.82, 2.24) is 29.9 Å². The molecule has 140 valence electrons. The van der Waals surface area contributed by atoms with Crippen molar-refractivity contribution in [3.63, 3.8) is 0 Å². The fourth-order valence-electron chi connectivity index (χ4n) is 2.77. The van der Waals surface area contributed by atoms with Gasteiger partial charge < -0.3 is 9.84 Å². The normalized spacial score (nSPS) is 10.8. The first-order chi connectivity index (χ1) is 13.5. The molecule has 0 saturated carbocycles. The molecule has 0 aliphatic rings. The van der Waals surface area contributed by atoms with Gasteiger partial charge in [0.2, 0.25) is 11.7 Å². The Kier molecular flexibility index (Phi) is 4.40. The number of carbonyl (C=O) groups excluding carboxylic acids is 1. The zero-order valence-electron chi connectivity index (χ0n) is 15.5. The SMILES string of the molecule is Cc1cc(C)n(-c2cc(NC(=O)c3ccc(-c4noc(C)n4)cc3)ncn2)n1. The van der Waals surface area contributed by atoms with Crippen molar-refractivity contribution in [1.29, 1.82) is 0 Å². The van der Waals surface area contributed by atoms with Crippen molar-refractivity contribution in [3.8, 4) is 17.2 Å². The Hall–Kier alpha value is -3.88. The van der Waals surface area contributed by atoms with E-state index in [-0.39, 0.29) is 5.91 Å². The van der Waals surface area contributed by atoms with E-state index in [4.69, 9.17) is 4.52 Å². The van der Waals surface area contributed by atoms with Crippen molar-refractivity contribution in [2.75, 3.05) is 5.32 Å². The highest BCUT2D eigenvalue weighted by Crippen LogP contribution is 2.17. The summed E-state index contributed by atoms with van der Waals surface area (Å²) in [7, 11) is 0. The Morgan fingerprint density at radius 3 is 2.50 bits per heavy atom. The Balaban J connectivity index is 1.52. The number of rotatable bonds is 4. The molecular formula is C19H17N7O2. The van der Waals surface area contributed by atoms with Crippen LogP contribution < -0.4 is 5.32 Å². The molecule has 0 bridgehead atoms. The number of benzene rings is 1. The van der Waals surface area contributed by atoms with Crippen LogP contribution in [-0.2, 0) is 0 Å². The Morgan fingerprint density at radius 1 is 1.07 bits per heavy atom. The molecule has 1 N–H and O–H groups in total.